The van der Waals surface area contributed by atoms with Gasteiger partial charge in [0.25, 0.3) is 0 Å². The Labute approximate surface area is 78.9 Å². The normalized spacial score (nSPS) is 8.54. The van der Waals surface area contributed by atoms with Crippen LogP contribution in [0.25, 0.3) is 0 Å². The van der Waals surface area contributed by atoms with Crippen LogP contribution in [0.4, 0.5) is 0 Å². The molecule has 3 nitrogen and oxygen atoms in total. The Balaban J connectivity index is 0.000000310. The summed E-state index contributed by atoms with van der Waals surface area (Å²) < 4.78 is 0. The Morgan fingerprint density at radius 1 is 1.38 bits per heavy atom. The van der Waals surface area contributed by atoms with E-state index in [1.807, 2.05) is 37.3 Å². The lowest BCUT2D eigenvalue weighted by Gasteiger charge is -1.89. The van der Waals surface area contributed by atoms with Crippen molar-refractivity contribution in [1.82, 2.24) is 5.43 Å². The molecule has 3 N–H and O–H groups in total. The Morgan fingerprint density at radius 2 is 1.85 bits per heavy atom. The fourth-order valence-corrected chi connectivity index (χ4v) is 0.673. The van der Waals surface area contributed by atoms with E-state index < -0.39 is 0 Å². The number of benzene rings is 1. The van der Waals surface area contributed by atoms with E-state index in [1.165, 1.54) is 0 Å². The molecule has 1 aromatic rings. The third-order valence-electron chi connectivity index (χ3n) is 1.38. The summed E-state index contributed by atoms with van der Waals surface area (Å²) in [6, 6.07) is 9.23. The number of ketones is 1. The second-order valence-corrected chi connectivity index (χ2v) is 2.48. The van der Waals surface area contributed by atoms with Crippen molar-refractivity contribution in [3.63, 3.8) is 0 Å². The van der Waals surface area contributed by atoms with Crippen LogP contribution >= 0.6 is 0 Å². The van der Waals surface area contributed by atoms with E-state index >= 15 is 0 Å². The van der Waals surface area contributed by atoms with Gasteiger partial charge in [0.15, 0.2) is 5.78 Å². The lowest BCUT2D eigenvalue weighted by Crippen LogP contribution is -2.20. The number of hydrazine groups is 1. The Kier molecular flexibility index (Phi) is 6.78. The topological polar surface area (TPSA) is 55.1 Å². The highest BCUT2D eigenvalue weighted by Crippen LogP contribution is 1.97. The number of carbonyl (C=O) groups is 1. The van der Waals surface area contributed by atoms with E-state index in [0.717, 1.165) is 12.1 Å². The number of Topliss-reactive ketones (excluding diaryl/α,β-unsaturated/α-hetero) is 1. The van der Waals surface area contributed by atoms with Crippen molar-refractivity contribution in [3.05, 3.63) is 35.9 Å². The number of nitrogens with one attached hydrogen (secondary N) is 1. The minimum absolute atomic E-state index is 0.121. The van der Waals surface area contributed by atoms with Gasteiger partial charge >= 0.3 is 0 Å². The zero-order valence-corrected chi connectivity index (χ0v) is 8.08. The molecule has 0 aromatic heterocycles. The molecule has 0 saturated carbocycles. The molecule has 3 heteroatoms. The molecule has 0 amide bonds. The molecule has 1 aromatic carbocycles. The summed E-state index contributed by atoms with van der Waals surface area (Å²) in [6.07, 6.45) is 0. The molecule has 13 heavy (non-hydrogen) atoms. The van der Waals surface area contributed by atoms with Crippen LogP contribution in [0.3, 0.4) is 0 Å². The maximum Gasteiger partial charge on any atom is 0.159 e. The van der Waals surface area contributed by atoms with Crippen LogP contribution in [0.15, 0.2) is 30.3 Å². The number of rotatable bonds is 2. The number of hydrogen-bond donors (Lipinski definition) is 2. The molecule has 72 valence electrons. The highest BCUT2D eigenvalue weighted by molar-refractivity contribution is 5.93. The molecule has 0 atom stereocenters. The lowest BCUT2D eigenvalue weighted by atomic mass is 10.2. The van der Waals surface area contributed by atoms with Crippen molar-refractivity contribution in [1.29, 1.82) is 0 Å². The van der Waals surface area contributed by atoms with Gasteiger partial charge in [0.2, 0.25) is 0 Å². The molecule has 0 bridgehead atoms. The number of nitrogens with two attached hydrogens (primary N) is 1. The average molecular weight is 180 g/mol. The molecule has 0 aliphatic rings. The van der Waals surface area contributed by atoms with Gasteiger partial charge in [-0.3, -0.25) is 16.1 Å². The predicted molar refractivity (Wildman–Crippen MR) is 54.3 cm³/mol. The van der Waals surface area contributed by atoms with Crippen LogP contribution in [0.1, 0.15) is 24.2 Å². The summed E-state index contributed by atoms with van der Waals surface area (Å²) in [5, 5.41) is 0. The molecule has 0 fully saturated rings. The van der Waals surface area contributed by atoms with E-state index in [1.54, 1.807) is 6.92 Å². The third-order valence-corrected chi connectivity index (χ3v) is 1.38. The first-order valence-electron chi connectivity index (χ1n) is 4.21. The second-order valence-electron chi connectivity index (χ2n) is 2.48. The van der Waals surface area contributed by atoms with Crippen molar-refractivity contribution in [2.45, 2.75) is 13.8 Å². The molecule has 0 aliphatic carbocycles. The van der Waals surface area contributed by atoms with Gasteiger partial charge in [-0.1, -0.05) is 37.3 Å². The zero-order chi connectivity index (χ0) is 10.1. The summed E-state index contributed by atoms with van der Waals surface area (Å²) in [4.78, 5) is 10.6. The maximum absolute atomic E-state index is 10.6. The predicted octanol–water partition coefficient (Wildman–Crippen LogP) is 1.36. The fraction of sp³-hybridized carbons (Fsp3) is 0.300. The Morgan fingerprint density at radius 3 is 2.08 bits per heavy atom. The van der Waals surface area contributed by atoms with Crippen molar-refractivity contribution < 1.29 is 4.79 Å². The van der Waals surface area contributed by atoms with Crippen molar-refractivity contribution in [2.24, 2.45) is 5.84 Å². The highest BCUT2D eigenvalue weighted by Gasteiger charge is 1.92. The van der Waals surface area contributed by atoms with Gasteiger partial charge in [-0.25, -0.2) is 0 Å². The fourth-order valence-electron chi connectivity index (χ4n) is 0.673. The molecule has 0 spiro atoms. The van der Waals surface area contributed by atoms with Crippen molar-refractivity contribution in [2.75, 3.05) is 6.54 Å². The molecular weight excluding hydrogens is 164 g/mol. The zero-order valence-electron chi connectivity index (χ0n) is 8.08. The minimum Gasteiger partial charge on any atom is -0.295 e. The average Bonchev–Trinajstić information content (AvgIpc) is 2.19. The maximum atomic E-state index is 10.6. The molecule has 1 rings (SSSR count). The summed E-state index contributed by atoms with van der Waals surface area (Å²) in [5.41, 5.74) is 3.21. The monoisotopic (exact) mass is 180 g/mol. The summed E-state index contributed by atoms with van der Waals surface area (Å²) >= 11 is 0. The van der Waals surface area contributed by atoms with Gasteiger partial charge in [0.05, 0.1) is 0 Å². The van der Waals surface area contributed by atoms with E-state index in [9.17, 15) is 4.79 Å². The van der Waals surface area contributed by atoms with Gasteiger partial charge in [-0.2, -0.15) is 0 Å². The molecule has 0 unspecified atom stereocenters. The SMILES string of the molecule is CC(=O)c1ccccc1.CCNN. The summed E-state index contributed by atoms with van der Waals surface area (Å²) in [7, 11) is 0. The van der Waals surface area contributed by atoms with Gasteiger partial charge in [-0.05, 0) is 6.92 Å². The van der Waals surface area contributed by atoms with Crippen LogP contribution in [-0.4, -0.2) is 12.3 Å². The quantitative estimate of drug-likeness (QED) is 0.410. The first-order chi connectivity index (χ1) is 6.22. The lowest BCUT2D eigenvalue weighted by molar-refractivity contribution is 0.101. The standard InChI is InChI=1S/C8H8O.C2H8N2/c1-7(9)8-5-3-2-4-6-8;1-2-4-3/h2-6H,1H3;4H,2-3H2,1H3. The van der Waals surface area contributed by atoms with Gasteiger partial charge < -0.3 is 0 Å². The number of carbonyl (C=O) groups excluding carboxylic acids is 1. The van der Waals surface area contributed by atoms with E-state index in [4.69, 9.17) is 5.84 Å². The first kappa shape index (κ1) is 11.8. The largest absolute Gasteiger partial charge is 0.295 e. The highest BCUT2D eigenvalue weighted by atomic mass is 16.1. The first-order valence-corrected chi connectivity index (χ1v) is 4.21. The van der Waals surface area contributed by atoms with Crippen LogP contribution in [0, 0.1) is 0 Å². The minimum atomic E-state index is 0.121. The van der Waals surface area contributed by atoms with Crippen molar-refractivity contribution >= 4 is 5.78 Å². The van der Waals surface area contributed by atoms with E-state index in [-0.39, 0.29) is 5.78 Å². The van der Waals surface area contributed by atoms with Gasteiger partial charge in [0.1, 0.15) is 0 Å². The van der Waals surface area contributed by atoms with Crippen LogP contribution in [-0.2, 0) is 0 Å². The van der Waals surface area contributed by atoms with Crippen LogP contribution < -0.4 is 11.3 Å². The van der Waals surface area contributed by atoms with Gasteiger partial charge in [0, 0.05) is 12.1 Å². The number of hydrogen-bond acceptors (Lipinski definition) is 3. The van der Waals surface area contributed by atoms with Gasteiger partial charge in [-0.15, -0.1) is 0 Å². The molecule has 0 aliphatic heterocycles. The summed E-state index contributed by atoms with van der Waals surface area (Å²) in [5.74, 6) is 4.90. The van der Waals surface area contributed by atoms with Crippen molar-refractivity contribution in [3.8, 4) is 0 Å². The van der Waals surface area contributed by atoms with E-state index in [0.29, 0.717) is 0 Å². The second kappa shape index (κ2) is 7.46. The third kappa shape index (κ3) is 6.02. The van der Waals surface area contributed by atoms with Crippen LogP contribution in [0.2, 0.25) is 0 Å². The summed E-state index contributed by atoms with van der Waals surface area (Å²) in [6.45, 7) is 4.36. The smallest absolute Gasteiger partial charge is 0.159 e. The molecule has 0 radical (unpaired) electrons. The van der Waals surface area contributed by atoms with Crippen LogP contribution in [0.5, 0.6) is 0 Å². The van der Waals surface area contributed by atoms with E-state index in [2.05, 4.69) is 5.43 Å². The Bertz CT molecular complexity index is 232. The molecular formula is C10H16N2O. The molecule has 0 heterocycles. The Hall–Kier alpha value is -1.19. The molecule has 0 saturated heterocycles.